The Morgan fingerprint density at radius 1 is 0.938 bits per heavy atom. The molecular weight excluding hydrogens is 216 g/mol. The van der Waals surface area contributed by atoms with Gasteiger partial charge in [0.1, 0.15) is 0 Å². The topological polar surface area (TPSA) is 18.5 Å². The predicted octanol–water partition coefficient (Wildman–Crippen LogP) is 2.90. The van der Waals surface area contributed by atoms with Crippen molar-refractivity contribution in [3.8, 4) is 0 Å². The Morgan fingerprint density at radius 3 is 1.81 bits per heavy atom. The lowest BCUT2D eigenvalue weighted by atomic mass is 10.2. The van der Waals surface area contributed by atoms with Gasteiger partial charge in [0, 0.05) is 23.5 Å². The number of ether oxygens (including phenoxy) is 2. The van der Waals surface area contributed by atoms with Gasteiger partial charge in [-0.25, -0.2) is 0 Å². The second-order valence-electron chi connectivity index (χ2n) is 4.63. The molecule has 0 aromatic heterocycles. The number of hydrogen-bond acceptors (Lipinski definition) is 2. The fourth-order valence-electron chi connectivity index (χ4n) is 1.40. The van der Waals surface area contributed by atoms with Gasteiger partial charge < -0.3 is 9.47 Å². The lowest BCUT2D eigenvalue weighted by molar-refractivity contribution is -0.147. The SMILES string of the molecule is CCCCOC(CC([SiH3])CC)OCCCC. The summed E-state index contributed by atoms with van der Waals surface area (Å²) in [6, 6.07) is 0. The molecular formula is C13H30O2Si. The highest BCUT2D eigenvalue weighted by Gasteiger charge is 2.12. The Hall–Kier alpha value is 0.137. The minimum atomic E-state index is 0.0561. The van der Waals surface area contributed by atoms with Crippen LogP contribution >= 0.6 is 0 Å². The molecule has 1 atom stereocenters. The van der Waals surface area contributed by atoms with Crippen LogP contribution < -0.4 is 0 Å². The van der Waals surface area contributed by atoms with E-state index in [1.165, 1.54) is 29.5 Å². The third-order valence-corrected chi connectivity index (χ3v) is 4.18. The average molecular weight is 246 g/mol. The van der Waals surface area contributed by atoms with Gasteiger partial charge in [-0.2, -0.15) is 0 Å². The molecule has 0 bridgehead atoms. The van der Waals surface area contributed by atoms with Gasteiger partial charge in [0.25, 0.3) is 0 Å². The third kappa shape index (κ3) is 9.37. The minimum absolute atomic E-state index is 0.0561. The molecule has 0 aromatic carbocycles. The zero-order valence-corrected chi connectivity index (χ0v) is 13.6. The molecule has 0 N–H and O–H groups in total. The molecule has 0 aliphatic rings. The van der Waals surface area contributed by atoms with E-state index in [-0.39, 0.29) is 6.29 Å². The molecule has 0 aliphatic heterocycles. The molecule has 0 heterocycles. The van der Waals surface area contributed by atoms with Crippen molar-refractivity contribution >= 4 is 10.2 Å². The molecule has 0 radical (unpaired) electrons. The predicted molar refractivity (Wildman–Crippen MR) is 74.1 cm³/mol. The molecule has 0 aliphatic carbocycles. The van der Waals surface area contributed by atoms with Crippen LogP contribution in [0.4, 0.5) is 0 Å². The summed E-state index contributed by atoms with van der Waals surface area (Å²) >= 11 is 0. The summed E-state index contributed by atoms with van der Waals surface area (Å²) < 4.78 is 11.6. The third-order valence-electron chi connectivity index (χ3n) is 2.90. The van der Waals surface area contributed by atoms with Crippen molar-refractivity contribution in [1.29, 1.82) is 0 Å². The average Bonchev–Trinajstić information content (AvgIpc) is 2.29. The molecule has 16 heavy (non-hydrogen) atoms. The van der Waals surface area contributed by atoms with Gasteiger partial charge in [0.15, 0.2) is 6.29 Å². The molecule has 3 heteroatoms. The maximum Gasteiger partial charge on any atom is 0.157 e. The van der Waals surface area contributed by atoms with Crippen LogP contribution in [-0.2, 0) is 9.47 Å². The second-order valence-corrected chi connectivity index (χ2v) is 6.26. The minimum Gasteiger partial charge on any atom is -0.353 e. The fourth-order valence-corrected chi connectivity index (χ4v) is 1.78. The van der Waals surface area contributed by atoms with Crippen molar-refractivity contribution in [2.75, 3.05) is 13.2 Å². The highest BCUT2D eigenvalue weighted by Crippen LogP contribution is 2.17. The van der Waals surface area contributed by atoms with E-state index in [1.54, 1.807) is 0 Å². The first-order chi connectivity index (χ1) is 7.74. The van der Waals surface area contributed by atoms with Crippen molar-refractivity contribution < 1.29 is 9.47 Å². The van der Waals surface area contributed by atoms with E-state index in [9.17, 15) is 0 Å². The van der Waals surface area contributed by atoms with Crippen LogP contribution in [0.1, 0.15) is 59.3 Å². The van der Waals surface area contributed by atoms with E-state index in [0.717, 1.165) is 38.0 Å². The number of unbranched alkanes of at least 4 members (excludes halogenated alkanes) is 2. The molecule has 1 unspecified atom stereocenters. The summed E-state index contributed by atoms with van der Waals surface area (Å²) in [6.07, 6.45) is 7.09. The molecule has 0 saturated heterocycles. The van der Waals surface area contributed by atoms with Crippen LogP contribution in [0, 0.1) is 0 Å². The molecule has 0 rings (SSSR count). The highest BCUT2D eigenvalue weighted by molar-refractivity contribution is 6.11. The maximum absolute atomic E-state index is 5.80. The first kappa shape index (κ1) is 16.1. The first-order valence-electron chi connectivity index (χ1n) is 6.97. The quantitative estimate of drug-likeness (QED) is 0.317. The number of hydrogen-bond donors (Lipinski definition) is 0. The van der Waals surface area contributed by atoms with E-state index in [1.807, 2.05) is 0 Å². The van der Waals surface area contributed by atoms with E-state index in [0.29, 0.717) is 0 Å². The zero-order valence-electron chi connectivity index (χ0n) is 11.6. The van der Waals surface area contributed by atoms with Crippen molar-refractivity contribution in [2.45, 2.75) is 71.1 Å². The fraction of sp³-hybridized carbons (Fsp3) is 1.00. The second kappa shape index (κ2) is 11.6. The largest absolute Gasteiger partial charge is 0.353 e. The molecule has 2 nitrogen and oxygen atoms in total. The van der Waals surface area contributed by atoms with Gasteiger partial charge in [0.2, 0.25) is 0 Å². The maximum atomic E-state index is 5.80. The normalized spacial score (nSPS) is 13.5. The number of rotatable bonds is 11. The van der Waals surface area contributed by atoms with Gasteiger partial charge in [-0.1, -0.05) is 45.6 Å². The van der Waals surface area contributed by atoms with Gasteiger partial charge in [-0.15, -0.1) is 0 Å². The lowest BCUT2D eigenvalue weighted by Gasteiger charge is -2.21. The van der Waals surface area contributed by atoms with Crippen molar-refractivity contribution in [2.24, 2.45) is 0 Å². The van der Waals surface area contributed by atoms with E-state index < -0.39 is 0 Å². The van der Waals surface area contributed by atoms with Crippen LogP contribution in [0.5, 0.6) is 0 Å². The van der Waals surface area contributed by atoms with Crippen LogP contribution in [-0.4, -0.2) is 29.7 Å². The van der Waals surface area contributed by atoms with Crippen molar-refractivity contribution in [1.82, 2.24) is 0 Å². The Bertz CT molecular complexity index is 132. The van der Waals surface area contributed by atoms with Crippen LogP contribution in [0.2, 0.25) is 5.54 Å². The summed E-state index contributed by atoms with van der Waals surface area (Å²) in [5, 5.41) is 0. The van der Waals surface area contributed by atoms with E-state index >= 15 is 0 Å². The smallest absolute Gasteiger partial charge is 0.157 e. The molecule has 0 aromatic rings. The van der Waals surface area contributed by atoms with Crippen molar-refractivity contribution in [3.63, 3.8) is 0 Å². The monoisotopic (exact) mass is 246 g/mol. The Labute approximate surface area is 105 Å². The van der Waals surface area contributed by atoms with Gasteiger partial charge in [-0.05, 0) is 19.3 Å². The van der Waals surface area contributed by atoms with Gasteiger partial charge >= 0.3 is 0 Å². The Morgan fingerprint density at radius 2 is 1.44 bits per heavy atom. The van der Waals surface area contributed by atoms with Crippen molar-refractivity contribution in [3.05, 3.63) is 0 Å². The van der Waals surface area contributed by atoms with Gasteiger partial charge in [0.05, 0.1) is 0 Å². The first-order valence-corrected chi connectivity index (χ1v) is 8.13. The highest BCUT2D eigenvalue weighted by atomic mass is 28.1. The molecule has 0 amide bonds. The van der Waals surface area contributed by atoms with Crippen LogP contribution in [0.25, 0.3) is 0 Å². The summed E-state index contributed by atoms with van der Waals surface area (Å²) in [4.78, 5) is 0. The lowest BCUT2D eigenvalue weighted by Crippen LogP contribution is -2.20. The van der Waals surface area contributed by atoms with E-state index in [4.69, 9.17) is 9.47 Å². The zero-order chi connectivity index (χ0) is 12.2. The summed E-state index contributed by atoms with van der Waals surface area (Å²) in [5.74, 6) is 0. The molecule has 0 fully saturated rings. The van der Waals surface area contributed by atoms with Gasteiger partial charge in [-0.3, -0.25) is 0 Å². The van der Waals surface area contributed by atoms with Crippen LogP contribution in [0.3, 0.4) is 0 Å². The molecule has 0 spiro atoms. The summed E-state index contributed by atoms with van der Waals surface area (Å²) in [6.45, 7) is 8.35. The molecule has 0 saturated carbocycles. The molecule has 98 valence electrons. The standard InChI is InChI=1S/C13H30O2Si/c1-4-7-9-14-13(11-12(16)6-3)15-10-8-5-2/h12-13H,4-11H2,1-3,16H3. The summed E-state index contributed by atoms with van der Waals surface area (Å²) in [5.41, 5.74) is 0.827. The Balaban J connectivity index is 3.75. The summed E-state index contributed by atoms with van der Waals surface area (Å²) in [7, 11) is 1.25. The Kier molecular flexibility index (Phi) is 11.7. The van der Waals surface area contributed by atoms with Crippen LogP contribution in [0.15, 0.2) is 0 Å². The van der Waals surface area contributed by atoms with E-state index in [2.05, 4.69) is 20.8 Å².